The molecular weight excluding hydrogens is 342 g/mol. The Balaban J connectivity index is 1.48. The second kappa shape index (κ2) is 8.06. The number of ether oxygens (including phenoxy) is 1. The fourth-order valence-corrected chi connectivity index (χ4v) is 3.21. The summed E-state index contributed by atoms with van der Waals surface area (Å²) < 4.78 is 5.30. The van der Waals surface area contributed by atoms with Crippen LogP contribution >= 0.6 is 11.6 Å². The first-order valence-corrected chi connectivity index (χ1v) is 9.05. The van der Waals surface area contributed by atoms with Crippen LogP contribution in [0.1, 0.15) is 18.4 Å². The molecule has 7 heteroatoms. The number of amides is 2. The number of halogens is 1. The number of hydrogen-bond donors (Lipinski definition) is 1. The topological polar surface area (TPSA) is 61.9 Å². The normalized spacial score (nSPS) is 18.1. The Morgan fingerprint density at radius 3 is 2.60 bits per heavy atom. The molecule has 1 aromatic carbocycles. The Labute approximate surface area is 153 Å². The Kier molecular flexibility index (Phi) is 5.81. The maximum absolute atomic E-state index is 12.6. The highest BCUT2D eigenvalue weighted by atomic mass is 35.5. The van der Waals surface area contributed by atoms with Crippen molar-refractivity contribution >= 4 is 23.4 Å². The molecule has 1 saturated carbocycles. The number of rotatable bonds is 6. The summed E-state index contributed by atoms with van der Waals surface area (Å²) in [6.45, 7) is 3.13. The fraction of sp³-hybridized carbons (Fsp3) is 0.556. The van der Waals surface area contributed by atoms with Gasteiger partial charge in [-0.1, -0.05) is 11.6 Å². The fourth-order valence-electron chi connectivity index (χ4n) is 3.02. The molecular formula is C18H24ClN3O3. The highest BCUT2D eigenvalue weighted by molar-refractivity contribution is 6.30. The van der Waals surface area contributed by atoms with Crippen LogP contribution in [0.15, 0.2) is 18.2 Å². The molecule has 0 bridgehead atoms. The lowest BCUT2D eigenvalue weighted by atomic mass is 10.1. The van der Waals surface area contributed by atoms with Gasteiger partial charge >= 0.3 is 0 Å². The van der Waals surface area contributed by atoms with Gasteiger partial charge in [0.1, 0.15) is 5.75 Å². The first kappa shape index (κ1) is 18.0. The zero-order valence-corrected chi connectivity index (χ0v) is 15.2. The first-order chi connectivity index (χ1) is 12.0. The first-order valence-electron chi connectivity index (χ1n) is 8.67. The predicted molar refractivity (Wildman–Crippen MR) is 95.9 cm³/mol. The number of hydrogen-bond acceptors (Lipinski definition) is 4. The minimum Gasteiger partial charge on any atom is -0.496 e. The zero-order valence-electron chi connectivity index (χ0n) is 14.5. The minimum atomic E-state index is 0.0580. The molecule has 2 fully saturated rings. The molecule has 0 aromatic heterocycles. The molecule has 2 amide bonds. The highest BCUT2D eigenvalue weighted by Crippen LogP contribution is 2.24. The van der Waals surface area contributed by atoms with Crippen LogP contribution in [0.5, 0.6) is 5.75 Å². The zero-order chi connectivity index (χ0) is 17.8. The van der Waals surface area contributed by atoms with E-state index in [1.807, 2.05) is 4.90 Å². The van der Waals surface area contributed by atoms with Gasteiger partial charge in [-0.15, -0.1) is 0 Å². The molecule has 1 saturated heterocycles. The van der Waals surface area contributed by atoms with Crippen LogP contribution in [0.25, 0.3) is 0 Å². The second-order valence-corrected chi connectivity index (χ2v) is 7.07. The molecule has 25 heavy (non-hydrogen) atoms. The van der Waals surface area contributed by atoms with Crippen molar-refractivity contribution in [1.29, 1.82) is 0 Å². The molecule has 1 heterocycles. The van der Waals surface area contributed by atoms with Crippen LogP contribution in [0.4, 0.5) is 0 Å². The number of carbonyl (C=O) groups is 2. The Morgan fingerprint density at radius 1 is 1.24 bits per heavy atom. The third kappa shape index (κ3) is 5.09. The quantitative estimate of drug-likeness (QED) is 0.825. The molecule has 0 atom stereocenters. The maximum atomic E-state index is 12.6. The summed E-state index contributed by atoms with van der Waals surface area (Å²) in [5, 5.41) is 3.59. The van der Waals surface area contributed by atoms with Crippen molar-refractivity contribution < 1.29 is 14.3 Å². The lowest BCUT2D eigenvalue weighted by Gasteiger charge is -2.34. The van der Waals surface area contributed by atoms with Gasteiger partial charge in [-0.2, -0.15) is 0 Å². The number of benzene rings is 1. The van der Waals surface area contributed by atoms with Crippen LogP contribution in [0.2, 0.25) is 5.02 Å². The van der Waals surface area contributed by atoms with E-state index in [0.29, 0.717) is 36.4 Å². The maximum Gasteiger partial charge on any atom is 0.234 e. The van der Waals surface area contributed by atoms with Crippen molar-refractivity contribution in [2.24, 2.45) is 0 Å². The van der Waals surface area contributed by atoms with E-state index in [4.69, 9.17) is 16.3 Å². The van der Waals surface area contributed by atoms with Crippen LogP contribution in [0, 0.1) is 0 Å². The van der Waals surface area contributed by atoms with E-state index < -0.39 is 0 Å². The van der Waals surface area contributed by atoms with Gasteiger partial charge in [0.2, 0.25) is 11.8 Å². The monoisotopic (exact) mass is 365 g/mol. The molecule has 0 radical (unpaired) electrons. The molecule has 1 aromatic rings. The van der Waals surface area contributed by atoms with Gasteiger partial charge in [-0.3, -0.25) is 14.5 Å². The Bertz CT molecular complexity index is 640. The summed E-state index contributed by atoms with van der Waals surface area (Å²) in [5.74, 6) is 0.821. The molecule has 0 unspecified atom stereocenters. The summed E-state index contributed by atoms with van der Waals surface area (Å²) in [5.41, 5.74) is 0.797. The standard InChI is InChI=1S/C18H24ClN3O3/c1-25-16-5-2-14(19)10-13(16)11-18(24)22-8-6-21(7-9-22)12-17(23)20-15-3-4-15/h2,5,10,15H,3-4,6-9,11-12H2,1H3,(H,20,23). The van der Waals surface area contributed by atoms with Crippen LogP contribution in [-0.2, 0) is 16.0 Å². The van der Waals surface area contributed by atoms with Crippen LogP contribution < -0.4 is 10.1 Å². The van der Waals surface area contributed by atoms with E-state index in [1.165, 1.54) is 0 Å². The van der Waals surface area contributed by atoms with E-state index >= 15 is 0 Å². The molecule has 2 aliphatic rings. The van der Waals surface area contributed by atoms with Crippen molar-refractivity contribution in [2.45, 2.75) is 25.3 Å². The summed E-state index contributed by atoms with van der Waals surface area (Å²) in [6.07, 6.45) is 2.47. The van der Waals surface area contributed by atoms with E-state index in [0.717, 1.165) is 31.5 Å². The second-order valence-electron chi connectivity index (χ2n) is 6.63. The van der Waals surface area contributed by atoms with Gasteiger partial charge in [0.05, 0.1) is 20.1 Å². The SMILES string of the molecule is COc1ccc(Cl)cc1CC(=O)N1CCN(CC(=O)NC2CC2)CC1. The molecule has 6 nitrogen and oxygen atoms in total. The van der Waals surface area contributed by atoms with Crippen molar-refractivity contribution in [3.63, 3.8) is 0 Å². The van der Waals surface area contributed by atoms with Crippen molar-refractivity contribution in [3.8, 4) is 5.75 Å². The lowest BCUT2D eigenvalue weighted by Crippen LogP contribution is -2.51. The summed E-state index contributed by atoms with van der Waals surface area (Å²) >= 11 is 6.03. The van der Waals surface area contributed by atoms with Gasteiger partial charge in [-0.05, 0) is 31.0 Å². The number of piperazine rings is 1. The van der Waals surface area contributed by atoms with Crippen molar-refractivity contribution in [3.05, 3.63) is 28.8 Å². The molecule has 1 N–H and O–H groups in total. The third-order valence-electron chi connectivity index (χ3n) is 4.62. The lowest BCUT2D eigenvalue weighted by molar-refractivity contribution is -0.132. The molecule has 0 spiro atoms. The number of nitrogens with zero attached hydrogens (tertiary/aromatic N) is 2. The van der Waals surface area contributed by atoms with Crippen LogP contribution in [0.3, 0.4) is 0 Å². The largest absolute Gasteiger partial charge is 0.496 e. The van der Waals surface area contributed by atoms with Gasteiger partial charge in [0, 0.05) is 42.8 Å². The van der Waals surface area contributed by atoms with Crippen LogP contribution in [-0.4, -0.2) is 67.5 Å². The van der Waals surface area contributed by atoms with Gasteiger partial charge in [-0.25, -0.2) is 0 Å². The predicted octanol–water partition coefficient (Wildman–Crippen LogP) is 1.31. The summed E-state index contributed by atoms with van der Waals surface area (Å²) in [7, 11) is 1.59. The van der Waals surface area contributed by atoms with E-state index in [9.17, 15) is 9.59 Å². The molecule has 136 valence electrons. The Hall–Kier alpha value is -1.79. The minimum absolute atomic E-state index is 0.0580. The summed E-state index contributed by atoms with van der Waals surface area (Å²) in [6, 6.07) is 5.70. The summed E-state index contributed by atoms with van der Waals surface area (Å²) in [4.78, 5) is 28.4. The molecule has 3 rings (SSSR count). The van der Waals surface area contributed by atoms with Gasteiger partial charge in [0.25, 0.3) is 0 Å². The number of methoxy groups -OCH3 is 1. The average Bonchev–Trinajstić information content (AvgIpc) is 3.39. The van der Waals surface area contributed by atoms with E-state index in [1.54, 1.807) is 25.3 Å². The Morgan fingerprint density at radius 2 is 1.96 bits per heavy atom. The highest BCUT2D eigenvalue weighted by Gasteiger charge is 2.26. The van der Waals surface area contributed by atoms with Gasteiger partial charge < -0.3 is 15.0 Å². The molecule has 1 aliphatic heterocycles. The number of nitrogens with one attached hydrogen (secondary N) is 1. The average molecular weight is 366 g/mol. The van der Waals surface area contributed by atoms with Crippen molar-refractivity contribution in [1.82, 2.24) is 15.1 Å². The van der Waals surface area contributed by atoms with E-state index in [2.05, 4.69) is 10.2 Å². The molecule has 1 aliphatic carbocycles. The smallest absolute Gasteiger partial charge is 0.234 e. The third-order valence-corrected chi connectivity index (χ3v) is 4.85. The van der Waals surface area contributed by atoms with E-state index in [-0.39, 0.29) is 18.2 Å². The van der Waals surface area contributed by atoms with Gasteiger partial charge in [0.15, 0.2) is 0 Å². The number of carbonyl (C=O) groups excluding carboxylic acids is 2. The van der Waals surface area contributed by atoms with Crippen molar-refractivity contribution in [2.75, 3.05) is 39.8 Å².